The van der Waals surface area contributed by atoms with E-state index in [0.29, 0.717) is 19.3 Å². The van der Waals surface area contributed by atoms with E-state index >= 15 is 0 Å². The van der Waals surface area contributed by atoms with E-state index in [-0.39, 0.29) is 31.1 Å². The number of carbonyl (C=O) groups is 3. The Labute approximate surface area is 329 Å². The smallest absolute Gasteiger partial charge is 0.306 e. The maximum absolute atomic E-state index is 12.5. The number of hydrogen-bond donors (Lipinski definition) is 0. The molecule has 0 aliphatic carbocycles. The van der Waals surface area contributed by atoms with Crippen molar-refractivity contribution in [2.24, 2.45) is 11.8 Å². The van der Waals surface area contributed by atoms with E-state index in [4.69, 9.17) is 14.2 Å². The predicted molar refractivity (Wildman–Crippen MR) is 224 cm³/mol. The van der Waals surface area contributed by atoms with Gasteiger partial charge in [-0.1, -0.05) is 214 Å². The molecule has 0 aromatic heterocycles. The van der Waals surface area contributed by atoms with Crippen LogP contribution in [0.3, 0.4) is 0 Å². The van der Waals surface area contributed by atoms with Crippen LogP contribution < -0.4 is 0 Å². The molecule has 0 aliphatic heterocycles. The summed E-state index contributed by atoms with van der Waals surface area (Å²) < 4.78 is 16.6. The van der Waals surface area contributed by atoms with Gasteiger partial charge in [0.25, 0.3) is 0 Å². The van der Waals surface area contributed by atoms with Gasteiger partial charge in [-0.25, -0.2) is 0 Å². The molecule has 0 N–H and O–H groups in total. The lowest BCUT2D eigenvalue weighted by Gasteiger charge is -2.18. The first-order valence-corrected chi connectivity index (χ1v) is 23.3. The fourth-order valence-electron chi connectivity index (χ4n) is 6.86. The average molecular weight is 751 g/mol. The van der Waals surface area contributed by atoms with E-state index in [1.807, 2.05) is 0 Å². The highest BCUT2D eigenvalue weighted by atomic mass is 16.6. The van der Waals surface area contributed by atoms with E-state index in [9.17, 15) is 14.4 Å². The van der Waals surface area contributed by atoms with Crippen molar-refractivity contribution in [2.45, 2.75) is 259 Å². The van der Waals surface area contributed by atoms with Gasteiger partial charge in [-0.05, 0) is 31.1 Å². The molecule has 6 heteroatoms. The molecule has 0 heterocycles. The van der Waals surface area contributed by atoms with Crippen LogP contribution in [0.2, 0.25) is 0 Å². The van der Waals surface area contributed by atoms with Crippen molar-refractivity contribution in [1.82, 2.24) is 0 Å². The van der Waals surface area contributed by atoms with Crippen LogP contribution in [0.25, 0.3) is 0 Å². The van der Waals surface area contributed by atoms with Crippen molar-refractivity contribution in [2.75, 3.05) is 13.2 Å². The molecule has 0 saturated carbocycles. The molecule has 0 aliphatic rings. The minimum absolute atomic E-state index is 0.0662. The van der Waals surface area contributed by atoms with Gasteiger partial charge in [-0.2, -0.15) is 0 Å². The van der Waals surface area contributed by atoms with Crippen LogP contribution >= 0.6 is 0 Å². The second-order valence-corrected chi connectivity index (χ2v) is 16.5. The summed E-state index contributed by atoms with van der Waals surface area (Å²) in [7, 11) is 0. The van der Waals surface area contributed by atoms with Crippen LogP contribution in [-0.2, 0) is 28.6 Å². The van der Waals surface area contributed by atoms with Crippen molar-refractivity contribution in [3.05, 3.63) is 0 Å². The Morgan fingerprint density at radius 1 is 0.377 bits per heavy atom. The Balaban J connectivity index is 4.11. The monoisotopic (exact) mass is 751 g/mol. The fourth-order valence-corrected chi connectivity index (χ4v) is 6.86. The third-order valence-electron chi connectivity index (χ3n) is 11.2. The summed E-state index contributed by atoms with van der Waals surface area (Å²) in [6.07, 6.45) is 38.2. The summed E-state index contributed by atoms with van der Waals surface area (Å²) in [6, 6.07) is 0. The van der Waals surface area contributed by atoms with Gasteiger partial charge in [0.2, 0.25) is 0 Å². The molecule has 3 atom stereocenters. The van der Waals surface area contributed by atoms with E-state index in [1.54, 1.807) is 0 Å². The summed E-state index contributed by atoms with van der Waals surface area (Å²) in [4.78, 5) is 37.5. The van der Waals surface area contributed by atoms with Gasteiger partial charge in [0.05, 0.1) is 0 Å². The first-order valence-electron chi connectivity index (χ1n) is 23.3. The van der Waals surface area contributed by atoms with Crippen LogP contribution in [0.15, 0.2) is 0 Å². The van der Waals surface area contributed by atoms with Crippen molar-refractivity contribution in [1.29, 1.82) is 0 Å². The third-order valence-corrected chi connectivity index (χ3v) is 11.2. The first-order chi connectivity index (χ1) is 25.8. The van der Waals surface area contributed by atoms with E-state index < -0.39 is 6.10 Å². The number of hydrogen-bond acceptors (Lipinski definition) is 6. The van der Waals surface area contributed by atoms with Crippen LogP contribution in [0.4, 0.5) is 0 Å². The van der Waals surface area contributed by atoms with Gasteiger partial charge in [-0.3, -0.25) is 14.4 Å². The summed E-state index contributed by atoms with van der Waals surface area (Å²) in [5.74, 6) is 0.872. The maximum atomic E-state index is 12.5. The lowest BCUT2D eigenvalue weighted by Crippen LogP contribution is -2.30. The molecule has 314 valence electrons. The zero-order valence-corrected chi connectivity index (χ0v) is 36.1. The lowest BCUT2D eigenvalue weighted by atomic mass is 9.99. The quantitative estimate of drug-likeness (QED) is 0.0352. The summed E-state index contributed by atoms with van der Waals surface area (Å²) >= 11 is 0. The minimum Gasteiger partial charge on any atom is -0.462 e. The molecule has 0 spiro atoms. The molecule has 0 aromatic rings. The normalized spacial score (nSPS) is 13.1. The molecule has 0 radical (unpaired) electrons. The number of carbonyl (C=O) groups excluding carboxylic acids is 3. The number of unbranched alkanes of at least 4 members (excludes halogenated alkanes) is 24. The minimum atomic E-state index is -0.758. The Hall–Kier alpha value is -1.59. The van der Waals surface area contributed by atoms with Crippen molar-refractivity contribution in [3.8, 4) is 0 Å². The molecular formula is C47H90O6. The number of rotatable bonds is 41. The van der Waals surface area contributed by atoms with Gasteiger partial charge in [0.1, 0.15) is 13.2 Å². The van der Waals surface area contributed by atoms with E-state index in [2.05, 4.69) is 34.6 Å². The topological polar surface area (TPSA) is 78.9 Å². The maximum Gasteiger partial charge on any atom is 0.306 e. The molecule has 0 rings (SSSR count). The highest BCUT2D eigenvalue weighted by Gasteiger charge is 2.19. The molecule has 2 unspecified atom stereocenters. The van der Waals surface area contributed by atoms with Crippen LogP contribution in [0.1, 0.15) is 253 Å². The van der Waals surface area contributed by atoms with Gasteiger partial charge in [-0.15, -0.1) is 0 Å². The standard InChI is InChI=1S/C47H90O6/c1-6-9-10-25-34-39-47(50)53-44(41-52-46(49)38-33-29-24-20-19-22-27-31-36-43(5)8-3)40-51-45(48)37-32-28-23-18-16-14-12-11-13-15-17-21-26-30-35-42(4)7-2/h42-44H,6-41H2,1-5H3/t42?,43?,44-/m1/s1. The molecule has 6 nitrogen and oxygen atoms in total. The molecule has 0 bridgehead atoms. The van der Waals surface area contributed by atoms with Crippen molar-refractivity contribution >= 4 is 17.9 Å². The SMILES string of the molecule is CCCCCCCC(=O)O[C@H](COC(=O)CCCCCCCCCCCCCCCCC(C)CC)COC(=O)CCCCCCCCCCC(C)CC. The third kappa shape index (κ3) is 38.5. The summed E-state index contributed by atoms with van der Waals surface area (Å²) in [5, 5.41) is 0. The zero-order chi connectivity index (χ0) is 39.0. The number of esters is 3. The summed E-state index contributed by atoms with van der Waals surface area (Å²) in [6.45, 7) is 11.3. The Morgan fingerprint density at radius 2 is 0.660 bits per heavy atom. The molecular weight excluding hydrogens is 661 g/mol. The van der Waals surface area contributed by atoms with Gasteiger partial charge in [0.15, 0.2) is 6.10 Å². The zero-order valence-electron chi connectivity index (χ0n) is 36.1. The molecule has 0 fully saturated rings. The van der Waals surface area contributed by atoms with Crippen LogP contribution in [0.5, 0.6) is 0 Å². The van der Waals surface area contributed by atoms with Gasteiger partial charge >= 0.3 is 17.9 Å². The van der Waals surface area contributed by atoms with Gasteiger partial charge < -0.3 is 14.2 Å². The molecule has 0 amide bonds. The van der Waals surface area contributed by atoms with Crippen molar-refractivity contribution in [3.63, 3.8) is 0 Å². The Bertz CT molecular complexity index is 813. The molecule has 53 heavy (non-hydrogen) atoms. The number of ether oxygens (including phenoxy) is 3. The lowest BCUT2D eigenvalue weighted by molar-refractivity contribution is -0.167. The van der Waals surface area contributed by atoms with Crippen molar-refractivity contribution < 1.29 is 28.6 Å². The first kappa shape index (κ1) is 51.4. The highest BCUT2D eigenvalue weighted by Crippen LogP contribution is 2.18. The van der Waals surface area contributed by atoms with Gasteiger partial charge in [0, 0.05) is 19.3 Å². The van der Waals surface area contributed by atoms with E-state index in [1.165, 1.54) is 135 Å². The van der Waals surface area contributed by atoms with Crippen LogP contribution in [0, 0.1) is 11.8 Å². The van der Waals surface area contributed by atoms with E-state index in [0.717, 1.165) is 76.0 Å². The fraction of sp³-hybridized carbons (Fsp3) is 0.936. The molecule has 0 saturated heterocycles. The Morgan fingerprint density at radius 3 is 0.981 bits per heavy atom. The highest BCUT2D eigenvalue weighted by molar-refractivity contribution is 5.71. The molecule has 0 aromatic carbocycles. The Kier molecular flexibility index (Phi) is 38.9. The predicted octanol–water partition coefficient (Wildman–Crippen LogP) is 14.6. The second kappa shape index (κ2) is 40.1. The largest absolute Gasteiger partial charge is 0.462 e. The second-order valence-electron chi connectivity index (χ2n) is 16.5. The van der Waals surface area contributed by atoms with Crippen LogP contribution in [-0.4, -0.2) is 37.2 Å². The summed E-state index contributed by atoms with van der Waals surface area (Å²) in [5.41, 5.74) is 0. The average Bonchev–Trinajstić information content (AvgIpc) is 3.15.